The fourth-order valence-corrected chi connectivity index (χ4v) is 3.82. The molecule has 1 aromatic rings. The molecule has 0 bridgehead atoms. The quantitative estimate of drug-likeness (QED) is 0.811. The highest BCUT2D eigenvalue weighted by molar-refractivity contribution is 7.12. The first-order valence-electron chi connectivity index (χ1n) is 8.11. The molecule has 0 radical (unpaired) electrons. The van der Waals surface area contributed by atoms with E-state index >= 15 is 0 Å². The molecule has 1 unspecified atom stereocenters. The number of thiophene rings is 1. The van der Waals surface area contributed by atoms with E-state index in [1.165, 1.54) is 28.2 Å². The van der Waals surface area contributed by atoms with Gasteiger partial charge in [0.2, 0.25) is 0 Å². The van der Waals surface area contributed by atoms with Crippen molar-refractivity contribution in [1.82, 2.24) is 5.32 Å². The SMILES string of the molecule is Cc1cc(CNCC(O)COC2CCC(C)CC2)sc1C. The summed E-state index contributed by atoms with van der Waals surface area (Å²) < 4.78 is 5.83. The van der Waals surface area contributed by atoms with Gasteiger partial charge in [-0.25, -0.2) is 0 Å². The van der Waals surface area contributed by atoms with Crippen molar-refractivity contribution in [2.45, 2.75) is 65.2 Å². The number of aliphatic hydroxyl groups is 1. The molecule has 1 aliphatic rings. The highest BCUT2D eigenvalue weighted by atomic mass is 32.1. The van der Waals surface area contributed by atoms with E-state index in [0.717, 1.165) is 25.3 Å². The maximum atomic E-state index is 9.99. The van der Waals surface area contributed by atoms with Gasteiger partial charge in [0.05, 0.1) is 18.8 Å². The first kappa shape index (κ1) is 16.9. The zero-order valence-electron chi connectivity index (χ0n) is 13.5. The summed E-state index contributed by atoms with van der Waals surface area (Å²) >= 11 is 1.83. The Balaban J connectivity index is 1.58. The van der Waals surface area contributed by atoms with E-state index in [0.29, 0.717) is 19.3 Å². The standard InChI is InChI=1S/C17H29NO2S/c1-12-4-6-16(7-5-12)20-11-15(19)9-18-10-17-8-13(2)14(3)21-17/h8,12,15-16,18-19H,4-7,9-11H2,1-3H3. The van der Waals surface area contributed by atoms with Crippen LogP contribution in [0.2, 0.25) is 0 Å². The van der Waals surface area contributed by atoms with E-state index in [-0.39, 0.29) is 0 Å². The number of aliphatic hydroxyl groups excluding tert-OH is 1. The predicted molar refractivity (Wildman–Crippen MR) is 88.9 cm³/mol. The van der Waals surface area contributed by atoms with Gasteiger partial charge in [0.25, 0.3) is 0 Å². The number of nitrogens with one attached hydrogen (secondary N) is 1. The monoisotopic (exact) mass is 311 g/mol. The molecule has 0 aliphatic heterocycles. The summed E-state index contributed by atoms with van der Waals surface area (Å²) in [6.07, 6.45) is 4.76. The molecular formula is C17H29NO2S. The van der Waals surface area contributed by atoms with E-state index < -0.39 is 6.10 Å². The summed E-state index contributed by atoms with van der Waals surface area (Å²) in [6, 6.07) is 2.22. The van der Waals surface area contributed by atoms with Crippen LogP contribution in [0, 0.1) is 19.8 Å². The van der Waals surface area contributed by atoms with Crippen molar-refractivity contribution in [1.29, 1.82) is 0 Å². The molecule has 2 N–H and O–H groups in total. The Kier molecular flexibility index (Phi) is 6.68. The van der Waals surface area contributed by atoms with E-state index in [4.69, 9.17) is 4.74 Å². The smallest absolute Gasteiger partial charge is 0.0897 e. The highest BCUT2D eigenvalue weighted by Gasteiger charge is 2.19. The molecule has 1 fully saturated rings. The summed E-state index contributed by atoms with van der Waals surface area (Å²) in [5.74, 6) is 0.842. The number of rotatable bonds is 7. The first-order valence-corrected chi connectivity index (χ1v) is 8.92. The molecule has 1 aliphatic carbocycles. The summed E-state index contributed by atoms with van der Waals surface area (Å²) in [5, 5.41) is 13.3. The largest absolute Gasteiger partial charge is 0.389 e. The van der Waals surface area contributed by atoms with Gasteiger partial charge >= 0.3 is 0 Å². The molecule has 120 valence electrons. The third kappa shape index (κ3) is 5.70. The highest BCUT2D eigenvalue weighted by Crippen LogP contribution is 2.25. The molecule has 0 spiro atoms. The first-order chi connectivity index (χ1) is 10.0. The topological polar surface area (TPSA) is 41.5 Å². The van der Waals surface area contributed by atoms with Crippen molar-refractivity contribution < 1.29 is 9.84 Å². The summed E-state index contributed by atoms with van der Waals surface area (Å²) in [7, 11) is 0. The lowest BCUT2D eigenvalue weighted by atomic mass is 9.89. The van der Waals surface area contributed by atoms with Gasteiger partial charge in [0, 0.05) is 22.8 Å². The van der Waals surface area contributed by atoms with Gasteiger partial charge in [0.1, 0.15) is 0 Å². The van der Waals surface area contributed by atoms with E-state index in [2.05, 4.69) is 32.2 Å². The summed E-state index contributed by atoms with van der Waals surface area (Å²) in [4.78, 5) is 2.71. The molecule has 1 aromatic heterocycles. The molecule has 0 aromatic carbocycles. The van der Waals surface area contributed by atoms with Crippen molar-refractivity contribution >= 4 is 11.3 Å². The van der Waals surface area contributed by atoms with Gasteiger partial charge in [-0.1, -0.05) is 6.92 Å². The van der Waals surface area contributed by atoms with Gasteiger partial charge in [-0.15, -0.1) is 11.3 Å². The van der Waals surface area contributed by atoms with Crippen LogP contribution < -0.4 is 5.32 Å². The van der Waals surface area contributed by atoms with Crippen LogP contribution in [-0.2, 0) is 11.3 Å². The Bertz CT molecular complexity index is 405. The van der Waals surface area contributed by atoms with Crippen molar-refractivity contribution in [3.63, 3.8) is 0 Å². The number of hydrogen-bond acceptors (Lipinski definition) is 4. The zero-order valence-corrected chi connectivity index (χ0v) is 14.3. The molecule has 21 heavy (non-hydrogen) atoms. The van der Waals surface area contributed by atoms with Gasteiger partial charge in [-0.05, 0) is 57.1 Å². The Morgan fingerprint density at radius 1 is 1.33 bits per heavy atom. The second kappa shape index (κ2) is 8.28. The van der Waals surface area contributed by atoms with Crippen LogP contribution >= 0.6 is 11.3 Å². The Morgan fingerprint density at radius 2 is 2.05 bits per heavy atom. The Hall–Kier alpha value is -0.420. The normalized spacial score (nSPS) is 24.2. The molecule has 1 atom stereocenters. The maximum absolute atomic E-state index is 9.99. The van der Waals surface area contributed by atoms with Crippen molar-refractivity contribution in [2.75, 3.05) is 13.2 Å². The second-order valence-electron chi connectivity index (χ2n) is 6.45. The average molecular weight is 311 g/mol. The minimum atomic E-state index is -0.411. The number of aryl methyl sites for hydroxylation is 2. The van der Waals surface area contributed by atoms with Crippen LogP contribution in [0.25, 0.3) is 0 Å². The molecular weight excluding hydrogens is 282 g/mol. The lowest BCUT2D eigenvalue weighted by molar-refractivity contribution is -0.0278. The van der Waals surface area contributed by atoms with Crippen molar-refractivity contribution in [2.24, 2.45) is 5.92 Å². The molecule has 3 nitrogen and oxygen atoms in total. The molecule has 1 heterocycles. The number of ether oxygens (including phenoxy) is 1. The van der Waals surface area contributed by atoms with Crippen LogP contribution in [0.4, 0.5) is 0 Å². The van der Waals surface area contributed by atoms with Crippen LogP contribution in [-0.4, -0.2) is 30.5 Å². The molecule has 0 amide bonds. The van der Waals surface area contributed by atoms with E-state index in [1.54, 1.807) is 0 Å². The van der Waals surface area contributed by atoms with Crippen molar-refractivity contribution in [3.8, 4) is 0 Å². The molecule has 4 heteroatoms. The van der Waals surface area contributed by atoms with Crippen LogP contribution in [0.15, 0.2) is 6.07 Å². The molecule has 1 saturated carbocycles. The number of hydrogen-bond donors (Lipinski definition) is 2. The second-order valence-corrected chi connectivity index (χ2v) is 7.79. The van der Waals surface area contributed by atoms with Gasteiger partial charge in [-0.3, -0.25) is 0 Å². The third-order valence-electron chi connectivity index (χ3n) is 4.38. The zero-order chi connectivity index (χ0) is 15.2. The molecule has 2 rings (SSSR count). The van der Waals surface area contributed by atoms with E-state index in [1.807, 2.05) is 11.3 Å². The maximum Gasteiger partial charge on any atom is 0.0897 e. The van der Waals surface area contributed by atoms with Crippen LogP contribution in [0.3, 0.4) is 0 Å². The van der Waals surface area contributed by atoms with Gasteiger partial charge in [-0.2, -0.15) is 0 Å². The molecule has 0 saturated heterocycles. The lowest BCUT2D eigenvalue weighted by Gasteiger charge is -2.27. The average Bonchev–Trinajstić information content (AvgIpc) is 2.77. The fraction of sp³-hybridized carbons (Fsp3) is 0.765. The third-order valence-corrected chi connectivity index (χ3v) is 5.54. The Labute approximate surface area is 132 Å². The van der Waals surface area contributed by atoms with Crippen molar-refractivity contribution in [3.05, 3.63) is 21.4 Å². The fourth-order valence-electron chi connectivity index (χ4n) is 2.80. The minimum absolute atomic E-state index is 0.360. The summed E-state index contributed by atoms with van der Waals surface area (Å²) in [6.45, 7) is 8.48. The van der Waals surface area contributed by atoms with Crippen LogP contribution in [0.5, 0.6) is 0 Å². The predicted octanol–water partition coefficient (Wildman–Crippen LogP) is 3.41. The van der Waals surface area contributed by atoms with Gasteiger partial charge in [0.15, 0.2) is 0 Å². The summed E-state index contributed by atoms with van der Waals surface area (Å²) in [5.41, 5.74) is 1.35. The van der Waals surface area contributed by atoms with Gasteiger partial charge < -0.3 is 15.2 Å². The van der Waals surface area contributed by atoms with Crippen LogP contribution in [0.1, 0.15) is 47.9 Å². The van der Waals surface area contributed by atoms with E-state index in [9.17, 15) is 5.11 Å². The lowest BCUT2D eigenvalue weighted by Crippen LogP contribution is -2.32. The Morgan fingerprint density at radius 3 is 2.67 bits per heavy atom. The minimum Gasteiger partial charge on any atom is -0.389 e.